The van der Waals surface area contributed by atoms with Crippen molar-refractivity contribution in [2.75, 3.05) is 0 Å². The molecule has 1 aliphatic rings. The predicted octanol–water partition coefficient (Wildman–Crippen LogP) is 10.4. The van der Waals surface area contributed by atoms with Gasteiger partial charge in [0.15, 0.2) is 0 Å². The maximum absolute atomic E-state index is 11.4. The minimum atomic E-state index is -0.177. The first-order valence-corrected chi connectivity index (χ1v) is 16.7. The van der Waals surface area contributed by atoms with E-state index in [4.69, 9.17) is 0 Å². The number of nitrogens with zero attached hydrogens (tertiary/aromatic N) is 1. The van der Waals surface area contributed by atoms with Gasteiger partial charge in [0, 0.05) is 19.6 Å². The van der Waals surface area contributed by atoms with E-state index in [2.05, 4.69) is 130 Å². The average molecular weight is 598 g/mol. The molecule has 0 saturated heterocycles. The summed E-state index contributed by atoms with van der Waals surface area (Å²) in [4.78, 5) is 2.57. The van der Waals surface area contributed by atoms with E-state index in [1.165, 1.54) is 47.1 Å². The van der Waals surface area contributed by atoms with Gasteiger partial charge in [-0.3, -0.25) is 4.90 Å². The molecule has 4 rings (SSSR count). The van der Waals surface area contributed by atoms with E-state index in [-0.39, 0.29) is 21.7 Å². The predicted molar refractivity (Wildman–Crippen MR) is 187 cm³/mol. The van der Waals surface area contributed by atoms with Crippen molar-refractivity contribution in [2.45, 2.75) is 150 Å². The molecule has 0 aromatic heterocycles. The highest BCUT2D eigenvalue weighted by Gasteiger charge is 2.29. The molecule has 0 spiro atoms. The Morgan fingerprint density at radius 1 is 0.545 bits per heavy atom. The summed E-state index contributed by atoms with van der Waals surface area (Å²) in [5.41, 5.74) is 10.3. The van der Waals surface area contributed by atoms with Gasteiger partial charge in [0.05, 0.1) is 0 Å². The van der Waals surface area contributed by atoms with Crippen molar-refractivity contribution >= 4 is 0 Å². The summed E-state index contributed by atoms with van der Waals surface area (Å²) < 4.78 is 0. The zero-order valence-corrected chi connectivity index (χ0v) is 29.8. The van der Waals surface area contributed by atoms with E-state index < -0.39 is 0 Å². The second-order valence-corrected chi connectivity index (χ2v) is 17.5. The van der Waals surface area contributed by atoms with Crippen LogP contribution >= 0.6 is 0 Å². The number of hydrogen-bond donors (Lipinski definition) is 2. The summed E-state index contributed by atoms with van der Waals surface area (Å²) in [6.45, 7) is 28.6. The highest BCUT2D eigenvalue weighted by molar-refractivity contribution is 5.51. The highest BCUT2D eigenvalue weighted by atomic mass is 16.3. The van der Waals surface area contributed by atoms with Crippen LogP contribution < -0.4 is 0 Å². The fourth-order valence-electron chi connectivity index (χ4n) is 6.79. The molecule has 3 nitrogen and oxygen atoms in total. The Hall–Kier alpha value is -2.78. The summed E-state index contributed by atoms with van der Waals surface area (Å²) in [6.07, 6.45) is 4.86. The van der Waals surface area contributed by atoms with E-state index in [0.717, 1.165) is 48.3 Å². The third kappa shape index (κ3) is 7.71. The van der Waals surface area contributed by atoms with Crippen molar-refractivity contribution in [3.8, 4) is 11.5 Å². The minimum Gasteiger partial charge on any atom is -0.507 e. The van der Waals surface area contributed by atoms with Crippen LogP contribution in [-0.4, -0.2) is 15.1 Å². The number of aryl methyl sites for hydroxylation is 1. The first kappa shape index (κ1) is 34.1. The van der Waals surface area contributed by atoms with Gasteiger partial charge in [-0.1, -0.05) is 126 Å². The van der Waals surface area contributed by atoms with E-state index in [1.54, 1.807) is 0 Å². The molecular formula is C41H59NO2. The maximum Gasteiger partial charge on any atom is 0.123 e. The van der Waals surface area contributed by atoms with Gasteiger partial charge in [-0.2, -0.15) is 0 Å². The van der Waals surface area contributed by atoms with Gasteiger partial charge in [-0.15, -0.1) is 0 Å². The fraction of sp³-hybridized carbons (Fsp3) is 0.561. The minimum absolute atomic E-state index is 0.177. The van der Waals surface area contributed by atoms with Crippen LogP contribution in [0.25, 0.3) is 0 Å². The van der Waals surface area contributed by atoms with Crippen molar-refractivity contribution < 1.29 is 10.2 Å². The van der Waals surface area contributed by atoms with Crippen molar-refractivity contribution in [3.05, 3.63) is 92.5 Å². The SMILES string of the molecule is CC(C)(C)c1cc(CN(Cc2cc(C(C)(C)C)c(O)c(C(C)(C)C)c2)Cc2cccc3c2CCCC3)cc(C(C)(C)C)c1O. The molecule has 2 N–H and O–H groups in total. The Morgan fingerprint density at radius 2 is 0.932 bits per heavy atom. The van der Waals surface area contributed by atoms with Crippen LogP contribution in [0.15, 0.2) is 42.5 Å². The van der Waals surface area contributed by atoms with Crippen LogP contribution in [0.2, 0.25) is 0 Å². The Morgan fingerprint density at radius 3 is 1.32 bits per heavy atom. The van der Waals surface area contributed by atoms with Crippen LogP contribution in [-0.2, 0) is 54.1 Å². The Labute approximate surface area is 268 Å². The van der Waals surface area contributed by atoms with E-state index in [0.29, 0.717) is 11.5 Å². The second-order valence-electron chi connectivity index (χ2n) is 17.5. The lowest BCUT2D eigenvalue weighted by Gasteiger charge is -2.32. The smallest absolute Gasteiger partial charge is 0.123 e. The van der Waals surface area contributed by atoms with Crippen molar-refractivity contribution in [1.82, 2.24) is 4.90 Å². The van der Waals surface area contributed by atoms with Crippen LogP contribution in [0.5, 0.6) is 11.5 Å². The Balaban J connectivity index is 1.85. The number of rotatable bonds is 6. The van der Waals surface area contributed by atoms with Gasteiger partial charge in [-0.25, -0.2) is 0 Å². The first-order valence-electron chi connectivity index (χ1n) is 16.7. The number of phenolic OH excluding ortho intramolecular Hbond substituents is 2. The van der Waals surface area contributed by atoms with E-state index in [9.17, 15) is 10.2 Å². The van der Waals surface area contributed by atoms with Crippen LogP contribution in [0, 0.1) is 0 Å². The Bertz CT molecular complexity index is 1330. The molecule has 0 radical (unpaired) electrons. The molecule has 0 aliphatic heterocycles. The van der Waals surface area contributed by atoms with Crippen molar-refractivity contribution in [2.24, 2.45) is 0 Å². The zero-order valence-electron chi connectivity index (χ0n) is 29.8. The molecule has 3 aromatic carbocycles. The normalized spacial score (nSPS) is 14.7. The summed E-state index contributed by atoms with van der Waals surface area (Å²) in [5.74, 6) is 0.862. The van der Waals surface area contributed by atoms with Gasteiger partial charge >= 0.3 is 0 Å². The van der Waals surface area contributed by atoms with E-state index >= 15 is 0 Å². The third-order valence-corrected chi connectivity index (χ3v) is 9.27. The average Bonchev–Trinajstić information content (AvgIpc) is 2.88. The molecule has 0 fully saturated rings. The molecular weight excluding hydrogens is 538 g/mol. The lowest BCUT2D eigenvalue weighted by Crippen LogP contribution is -2.26. The topological polar surface area (TPSA) is 43.7 Å². The summed E-state index contributed by atoms with van der Waals surface area (Å²) in [6, 6.07) is 15.8. The van der Waals surface area contributed by atoms with Gasteiger partial charge < -0.3 is 10.2 Å². The molecule has 1 aliphatic carbocycles. The first-order chi connectivity index (χ1) is 20.2. The standard InChI is InChI=1S/C41H59NO2/c1-38(2,3)32-20-27(21-33(36(32)43)39(4,5)6)24-42(26-30-18-15-17-29-16-13-14-19-31(29)30)25-28-22-34(40(7,8)9)37(44)35(23-28)41(10,11)12/h15,17-18,20-23,43-44H,13-14,16,19,24-26H2,1-12H3. The summed E-state index contributed by atoms with van der Waals surface area (Å²) >= 11 is 0. The Kier molecular flexibility index (Phi) is 9.45. The lowest BCUT2D eigenvalue weighted by molar-refractivity contribution is 0.245. The van der Waals surface area contributed by atoms with Gasteiger partial charge in [0.2, 0.25) is 0 Å². The number of fused-ring (bicyclic) bond motifs is 1. The quantitative estimate of drug-likeness (QED) is 0.297. The molecule has 3 aromatic rings. The number of phenols is 2. The maximum atomic E-state index is 11.4. The number of aromatic hydroxyl groups is 2. The molecule has 0 atom stereocenters. The zero-order chi connectivity index (χ0) is 32.8. The highest BCUT2D eigenvalue weighted by Crippen LogP contribution is 2.42. The van der Waals surface area contributed by atoms with Gasteiger partial charge in [-0.05, 0) is 97.4 Å². The molecule has 0 heterocycles. The molecule has 0 unspecified atom stereocenters. The number of hydrogen-bond acceptors (Lipinski definition) is 3. The van der Waals surface area contributed by atoms with Crippen molar-refractivity contribution in [3.63, 3.8) is 0 Å². The van der Waals surface area contributed by atoms with Gasteiger partial charge in [0.1, 0.15) is 11.5 Å². The van der Waals surface area contributed by atoms with Gasteiger partial charge in [0.25, 0.3) is 0 Å². The van der Waals surface area contributed by atoms with Crippen LogP contribution in [0.4, 0.5) is 0 Å². The van der Waals surface area contributed by atoms with Crippen LogP contribution in [0.3, 0.4) is 0 Å². The second kappa shape index (κ2) is 12.2. The largest absolute Gasteiger partial charge is 0.507 e. The fourth-order valence-corrected chi connectivity index (χ4v) is 6.79. The molecule has 0 bridgehead atoms. The summed E-state index contributed by atoms with van der Waals surface area (Å²) in [7, 11) is 0. The molecule has 0 amide bonds. The molecule has 240 valence electrons. The van der Waals surface area contributed by atoms with Crippen molar-refractivity contribution in [1.29, 1.82) is 0 Å². The number of benzene rings is 3. The molecule has 0 saturated carbocycles. The summed E-state index contributed by atoms with van der Waals surface area (Å²) in [5, 5.41) is 22.8. The third-order valence-electron chi connectivity index (χ3n) is 9.27. The molecule has 44 heavy (non-hydrogen) atoms. The lowest BCUT2D eigenvalue weighted by atomic mass is 9.78. The van der Waals surface area contributed by atoms with Crippen LogP contribution in [0.1, 0.15) is 146 Å². The monoisotopic (exact) mass is 597 g/mol. The van der Waals surface area contributed by atoms with E-state index in [1.807, 2.05) is 0 Å². The molecule has 3 heteroatoms.